The monoisotopic (exact) mass is 428 g/mol. The largest absolute Gasteiger partial charge is 0.399 e. The molecule has 1 aliphatic rings. The molecule has 0 saturated carbocycles. The van der Waals surface area contributed by atoms with Crippen molar-refractivity contribution in [3.63, 3.8) is 0 Å². The molecule has 1 unspecified atom stereocenters. The van der Waals surface area contributed by atoms with E-state index in [1.165, 1.54) is 26.7 Å². The van der Waals surface area contributed by atoms with Crippen LogP contribution in [-0.2, 0) is 4.43 Å². The van der Waals surface area contributed by atoms with Crippen molar-refractivity contribution in [3.8, 4) is 0 Å². The van der Waals surface area contributed by atoms with Crippen LogP contribution in [0.3, 0.4) is 0 Å². The van der Waals surface area contributed by atoms with E-state index in [1.54, 1.807) is 0 Å². The van der Waals surface area contributed by atoms with Crippen LogP contribution in [0.1, 0.15) is 51.7 Å². The highest BCUT2D eigenvalue weighted by Gasteiger charge is 2.51. The number of rotatable bonds is 7. The molecule has 0 spiro atoms. The van der Waals surface area contributed by atoms with Crippen LogP contribution in [-0.4, -0.2) is 24.6 Å². The van der Waals surface area contributed by atoms with Crippen molar-refractivity contribution in [2.45, 2.75) is 51.7 Å². The average Bonchev–Trinajstić information content (AvgIpc) is 3.08. The van der Waals surface area contributed by atoms with Crippen LogP contribution in [0.15, 0.2) is 84.9 Å². The smallest absolute Gasteiger partial charge is 0.289 e. The van der Waals surface area contributed by atoms with Gasteiger partial charge in [0.25, 0.3) is 8.32 Å². The van der Waals surface area contributed by atoms with E-state index in [0.29, 0.717) is 6.42 Å². The highest BCUT2D eigenvalue weighted by molar-refractivity contribution is 7.13. The Balaban J connectivity index is 1.90. The second-order valence-corrected chi connectivity index (χ2v) is 13.0. The Bertz CT molecular complexity index is 1060. The molecular weight excluding hydrogens is 396 g/mol. The summed E-state index contributed by atoms with van der Waals surface area (Å²) < 4.78 is 7.32. The molecule has 160 valence electrons. The predicted octanol–water partition coefficient (Wildman–Crippen LogP) is 5.19. The zero-order valence-corrected chi connectivity index (χ0v) is 19.9. The fourth-order valence-corrected chi connectivity index (χ4v) is 9.14. The van der Waals surface area contributed by atoms with Crippen LogP contribution >= 0.6 is 0 Å². The molecule has 31 heavy (non-hydrogen) atoms. The van der Waals surface area contributed by atoms with Gasteiger partial charge in [-0.25, -0.2) is 0 Å². The summed E-state index contributed by atoms with van der Waals surface area (Å²) in [5.41, 5.74) is 1.35. The fourth-order valence-electron chi connectivity index (χ4n) is 4.48. The Morgan fingerprint density at radius 3 is 1.97 bits per heavy atom. The molecule has 0 bridgehead atoms. The van der Waals surface area contributed by atoms with Gasteiger partial charge in [0.05, 0.1) is 11.2 Å². The van der Waals surface area contributed by atoms with Crippen molar-refractivity contribution in [3.05, 3.63) is 96.1 Å². The molecule has 1 N–H and O–H groups in total. The number of hydrogen-bond donors (Lipinski definition) is 1. The summed E-state index contributed by atoms with van der Waals surface area (Å²) in [7, 11) is -2.75. The molecule has 3 aromatic carbocycles. The van der Waals surface area contributed by atoms with Crippen LogP contribution in [0.4, 0.5) is 0 Å². The van der Waals surface area contributed by atoms with E-state index in [2.05, 4.69) is 105 Å². The Hall–Kier alpha value is -2.46. The molecular formula is C28H32O2Si. The van der Waals surface area contributed by atoms with Gasteiger partial charge in [-0.05, 0) is 67.2 Å². The highest BCUT2D eigenvalue weighted by atomic mass is 28.4. The van der Waals surface area contributed by atoms with E-state index in [0.717, 1.165) is 6.42 Å². The second kappa shape index (κ2) is 8.23. The molecule has 0 saturated heterocycles. The molecule has 2 nitrogen and oxygen atoms in total. The average molecular weight is 429 g/mol. The molecule has 1 aliphatic heterocycles. The lowest BCUT2D eigenvalue weighted by atomic mass is 9.94. The van der Waals surface area contributed by atoms with Crippen LogP contribution in [0.5, 0.6) is 0 Å². The first-order valence-electron chi connectivity index (χ1n) is 11.1. The van der Waals surface area contributed by atoms with Gasteiger partial charge in [-0.3, -0.25) is 0 Å². The van der Waals surface area contributed by atoms with Gasteiger partial charge in [-0.2, -0.15) is 0 Å². The van der Waals surface area contributed by atoms with E-state index < -0.39 is 19.5 Å². The predicted molar refractivity (Wildman–Crippen MR) is 133 cm³/mol. The van der Waals surface area contributed by atoms with Gasteiger partial charge in [-0.15, -0.1) is 0 Å². The Labute approximate surface area is 187 Å². The third kappa shape index (κ3) is 4.45. The van der Waals surface area contributed by atoms with Gasteiger partial charge in [0.15, 0.2) is 0 Å². The van der Waals surface area contributed by atoms with Crippen molar-refractivity contribution in [1.82, 2.24) is 0 Å². The van der Waals surface area contributed by atoms with Gasteiger partial charge in [0.2, 0.25) is 0 Å². The van der Waals surface area contributed by atoms with E-state index in [1.807, 2.05) is 13.8 Å². The lowest BCUT2D eigenvalue weighted by molar-refractivity contribution is 0.0283. The van der Waals surface area contributed by atoms with Gasteiger partial charge >= 0.3 is 0 Å². The van der Waals surface area contributed by atoms with Crippen LogP contribution in [0.25, 0.3) is 11.3 Å². The zero-order valence-electron chi connectivity index (χ0n) is 18.9. The maximum absolute atomic E-state index is 10.4. The van der Waals surface area contributed by atoms with E-state index in [9.17, 15) is 5.11 Å². The van der Waals surface area contributed by atoms with Crippen molar-refractivity contribution >= 4 is 30.0 Å². The van der Waals surface area contributed by atoms with Crippen molar-refractivity contribution in [2.24, 2.45) is 0 Å². The minimum atomic E-state index is -2.75. The summed E-state index contributed by atoms with van der Waals surface area (Å²) in [5.74, 6) is 0. The Morgan fingerprint density at radius 1 is 0.742 bits per heavy atom. The number of aliphatic hydroxyl groups is 1. The summed E-state index contributed by atoms with van der Waals surface area (Å²) in [6, 6.07) is 30.0. The van der Waals surface area contributed by atoms with E-state index in [-0.39, 0.29) is 0 Å². The maximum atomic E-state index is 10.4. The summed E-state index contributed by atoms with van der Waals surface area (Å²) in [6.07, 6.45) is 3.80. The molecule has 1 atom stereocenters. The fraction of sp³-hybridized carbons (Fsp3) is 0.286. The summed E-state index contributed by atoms with van der Waals surface area (Å²) >= 11 is 0. The van der Waals surface area contributed by atoms with E-state index in [4.69, 9.17) is 4.43 Å². The SMILES string of the molecule is CC(C)(O)CCC(C)(C)O[Si]1(c2ccccc2)C(c2ccccc2)=Cc2ccccc21. The summed E-state index contributed by atoms with van der Waals surface area (Å²) in [4.78, 5) is 0. The Kier molecular flexibility index (Phi) is 5.78. The molecule has 4 rings (SSSR count). The number of benzene rings is 3. The third-order valence-electron chi connectivity index (χ3n) is 6.05. The summed E-state index contributed by atoms with van der Waals surface area (Å²) in [6.45, 7) is 8.07. The van der Waals surface area contributed by atoms with Gasteiger partial charge in [0, 0.05) is 0 Å². The van der Waals surface area contributed by atoms with Gasteiger partial charge < -0.3 is 9.53 Å². The normalized spacial score (nSPS) is 18.5. The molecule has 0 aromatic heterocycles. The van der Waals surface area contributed by atoms with Crippen LogP contribution in [0, 0.1) is 0 Å². The number of fused-ring (bicyclic) bond motifs is 1. The molecule has 0 amide bonds. The number of hydrogen-bond acceptors (Lipinski definition) is 2. The van der Waals surface area contributed by atoms with E-state index >= 15 is 0 Å². The first-order valence-corrected chi connectivity index (χ1v) is 13.0. The zero-order chi connectivity index (χ0) is 22.1. The van der Waals surface area contributed by atoms with Crippen LogP contribution < -0.4 is 10.4 Å². The van der Waals surface area contributed by atoms with Gasteiger partial charge in [-0.1, -0.05) is 91.0 Å². The topological polar surface area (TPSA) is 29.5 Å². The standard InChI is InChI=1S/C28H32O2Si/c1-27(2,29)19-20-28(3,4)30-31(24-16-9-6-10-17-24)25-18-12-11-15-23(25)21-26(31)22-13-7-5-8-14-22/h5-18,21,29H,19-20H2,1-4H3. The molecule has 3 aromatic rings. The lowest BCUT2D eigenvalue weighted by Crippen LogP contribution is -2.63. The van der Waals surface area contributed by atoms with Crippen molar-refractivity contribution in [2.75, 3.05) is 0 Å². The van der Waals surface area contributed by atoms with Gasteiger partial charge in [0.1, 0.15) is 0 Å². The highest BCUT2D eigenvalue weighted by Crippen LogP contribution is 2.38. The molecule has 0 radical (unpaired) electrons. The molecule has 3 heteroatoms. The molecule has 0 fully saturated rings. The van der Waals surface area contributed by atoms with Crippen LogP contribution in [0.2, 0.25) is 0 Å². The first kappa shape index (κ1) is 21.8. The lowest BCUT2D eigenvalue weighted by Gasteiger charge is -2.41. The summed E-state index contributed by atoms with van der Waals surface area (Å²) in [5, 5.41) is 14.2. The minimum absolute atomic E-state index is 0.395. The van der Waals surface area contributed by atoms with Crippen molar-refractivity contribution in [1.29, 1.82) is 0 Å². The minimum Gasteiger partial charge on any atom is -0.399 e. The molecule has 1 heterocycles. The first-order chi connectivity index (χ1) is 14.7. The Morgan fingerprint density at radius 2 is 1.32 bits per heavy atom. The quantitative estimate of drug-likeness (QED) is 0.525. The molecule has 0 aliphatic carbocycles. The van der Waals surface area contributed by atoms with Crippen molar-refractivity contribution < 1.29 is 9.53 Å². The second-order valence-electron chi connectivity index (χ2n) is 9.73. The maximum Gasteiger partial charge on any atom is 0.289 e. The third-order valence-corrected chi connectivity index (χ3v) is 10.5.